The summed E-state index contributed by atoms with van der Waals surface area (Å²) in [6.07, 6.45) is 0.224. The molecule has 2 N–H and O–H groups in total. The van der Waals surface area contributed by atoms with E-state index in [2.05, 4.69) is 9.71 Å². The van der Waals surface area contributed by atoms with Gasteiger partial charge in [0.1, 0.15) is 18.6 Å². The van der Waals surface area contributed by atoms with Gasteiger partial charge in [-0.3, -0.25) is 14.5 Å². The number of amides is 2. The maximum Gasteiger partial charge on any atom is 0.250 e. The van der Waals surface area contributed by atoms with E-state index < -0.39 is 33.9 Å². The molecule has 0 saturated carbocycles. The number of hydrogen-bond acceptors (Lipinski definition) is 5. The number of hydrogen-bond donors (Lipinski definition) is 2. The summed E-state index contributed by atoms with van der Waals surface area (Å²) in [7, 11) is -3.99. The quantitative estimate of drug-likeness (QED) is 0.528. The zero-order chi connectivity index (χ0) is 25.6. The largest absolute Gasteiger partial charge is 0.495 e. The van der Waals surface area contributed by atoms with Gasteiger partial charge in [-0.2, -0.15) is 4.72 Å². The van der Waals surface area contributed by atoms with Gasteiger partial charge >= 0.3 is 0 Å². The summed E-state index contributed by atoms with van der Waals surface area (Å²) in [5.41, 5.74) is 0.992. The highest BCUT2D eigenvalue weighted by Gasteiger charge is 2.41. The average molecular weight is 527 g/mol. The number of halogens is 1. The van der Waals surface area contributed by atoms with Crippen molar-refractivity contribution in [1.29, 1.82) is 0 Å². The molecule has 0 bridgehead atoms. The number of fused-ring (bicyclic) bond motifs is 2. The van der Waals surface area contributed by atoms with Gasteiger partial charge in [-0.05, 0) is 60.5 Å². The lowest BCUT2D eigenvalue weighted by molar-refractivity contribution is -0.136. The fraction of sp³-hybridized carbons (Fsp3) is 0.240. The summed E-state index contributed by atoms with van der Waals surface area (Å²) in [6, 6.07) is 14.9. The van der Waals surface area contributed by atoms with Crippen LogP contribution in [0.2, 0.25) is 5.02 Å². The first-order chi connectivity index (χ1) is 17.1. The first kappa shape index (κ1) is 24.2. The molecule has 5 rings (SSSR count). The number of aliphatic imine (C=N–C) groups is 1. The Bertz CT molecular complexity index is 1520. The van der Waals surface area contributed by atoms with Crippen LogP contribution in [-0.4, -0.2) is 61.3 Å². The Morgan fingerprint density at radius 2 is 1.86 bits per heavy atom. The molecule has 11 heteroatoms. The number of benzene rings is 3. The van der Waals surface area contributed by atoms with Crippen LogP contribution in [0.15, 0.2) is 70.6 Å². The predicted octanol–water partition coefficient (Wildman–Crippen LogP) is 3.40. The lowest BCUT2D eigenvalue weighted by Crippen LogP contribution is -2.51. The molecule has 2 amide bonds. The highest BCUT2D eigenvalue weighted by atomic mass is 35.5. The van der Waals surface area contributed by atoms with E-state index in [1.54, 1.807) is 55.5 Å². The maximum atomic E-state index is 13.3. The smallest absolute Gasteiger partial charge is 0.250 e. The number of aliphatic hydroxyl groups excluding tert-OH is 1. The van der Waals surface area contributed by atoms with Crippen LogP contribution in [0, 0.1) is 0 Å². The molecule has 3 aromatic rings. The first-order valence-corrected chi connectivity index (χ1v) is 13.2. The molecule has 36 heavy (non-hydrogen) atoms. The van der Waals surface area contributed by atoms with Gasteiger partial charge in [0.05, 0.1) is 16.3 Å². The van der Waals surface area contributed by atoms with Crippen LogP contribution >= 0.6 is 11.6 Å². The van der Waals surface area contributed by atoms with Crippen LogP contribution in [0.1, 0.15) is 13.3 Å². The SMILES string of the molecule is C[C@@H](C(=O)N1CC(O)=Nc2ccccc21)N1CC[C@H](NS(=O)(=O)c2ccc3cc(Cl)ccc3c2)C1=O. The zero-order valence-electron chi connectivity index (χ0n) is 19.3. The molecule has 0 spiro atoms. The van der Waals surface area contributed by atoms with E-state index in [9.17, 15) is 23.1 Å². The standard InChI is InChI=1S/C25H23ClN4O5S/c1-15(24(32)30-14-23(31)27-20-4-2-3-5-22(20)30)29-11-10-21(25(29)33)28-36(34,35)19-9-7-16-12-18(26)8-6-17(16)13-19/h2-9,12-13,15,21,28H,10-11,14H2,1H3,(H,27,31)/t15-,21-/m0/s1. The molecule has 0 aliphatic carbocycles. The van der Waals surface area contributed by atoms with Crippen molar-refractivity contribution in [2.24, 2.45) is 4.99 Å². The molecule has 3 aromatic carbocycles. The second kappa shape index (κ2) is 9.20. The number of carbonyl (C=O) groups excluding carboxylic acids is 2. The van der Waals surface area contributed by atoms with Crippen molar-refractivity contribution >= 4 is 61.5 Å². The van der Waals surface area contributed by atoms with E-state index in [1.807, 2.05) is 0 Å². The minimum atomic E-state index is -3.99. The van der Waals surface area contributed by atoms with Crippen molar-refractivity contribution in [3.05, 3.63) is 65.7 Å². The highest BCUT2D eigenvalue weighted by Crippen LogP contribution is 2.33. The molecule has 2 heterocycles. The Kier molecular flexibility index (Phi) is 6.19. The monoisotopic (exact) mass is 526 g/mol. The maximum absolute atomic E-state index is 13.3. The summed E-state index contributed by atoms with van der Waals surface area (Å²) in [5, 5.41) is 12.1. The minimum Gasteiger partial charge on any atom is -0.495 e. The van der Waals surface area contributed by atoms with Crippen molar-refractivity contribution in [2.75, 3.05) is 18.0 Å². The molecule has 2 aliphatic rings. The number of rotatable bonds is 5. The van der Waals surface area contributed by atoms with Gasteiger partial charge in [-0.15, -0.1) is 0 Å². The summed E-state index contributed by atoms with van der Waals surface area (Å²) >= 11 is 6.00. The van der Waals surface area contributed by atoms with Gasteiger partial charge in [0.25, 0.3) is 0 Å². The number of para-hydroxylation sites is 2. The number of aliphatic hydroxyl groups is 1. The molecule has 186 valence electrons. The minimum absolute atomic E-state index is 0.0346. The lowest BCUT2D eigenvalue weighted by atomic mass is 10.1. The van der Waals surface area contributed by atoms with Crippen LogP contribution in [0.4, 0.5) is 11.4 Å². The first-order valence-electron chi connectivity index (χ1n) is 11.3. The molecule has 9 nitrogen and oxygen atoms in total. The molecule has 1 fully saturated rings. The van der Waals surface area contributed by atoms with E-state index in [-0.39, 0.29) is 30.3 Å². The third kappa shape index (κ3) is 4.43. The average Bonchev–Trinajstić information content (AvgIpc) is 3.21. The Hall–Kier alpha value is -3.47. The third-order valence-electron chi connectivity index (χ3n) is 6.43. The third-order valence-corrected chi connectivity index (χ3v) is 8.14. The fourth-order valence-electron chi connectivity index (χ4n) is 4.56. The van der Waals surface area contributed by atoms with Gasteiger partial charge < -0.3 is 10.0 Å². The molecule has 0 aromatic heterocycles. The van der Waals surface area contributed by atoms with Gasteiger partial charge in [-0.25, -0.2) is 13.4 Å². The molecule has 0 radical (unpaired) electrons. The van der Waals surface area contributed by atoms with Gasteiger partial charge in [-0.1, -0.05) is 35.9 Å². The lowest BCUT2D eigenvalue weighted by Gasteiger charge is -2.32. The molecule has 2 aliphatic heterocycles. The van der Waals surface area contributed by atoms with Crippen molar-refractivity contribution in [2.45, 2.75) is 30.3 Å². The molecular weight excluding hydrogens is 504 g/mol. The predicted molar refractivity (Wildman–Crippen MR) is 137 cm³/mol. The van der Waals surface area contributed by atoms with Crippen molar-refractivity contribution in [1.82, 2.24) is 9.62 Å². The summed E-state index contributed by atoms with van der Waals surface area (Å²) in [6.45, 7) is 1.70. The summed E-state index contributed by atoms with van der Waals surface area (Å²) in [5.74, 6) is -1.07. The second-order valence-corrected chi connectivity index (χ2v) is 10.9. The Morgan fingerprint density at radius 3 is 2.67 bits per heavy atom. The second-order valence-electron chi connectivity index (χ2n) is 8.76. The number of nitrogens with one attached hydrogen (secondary N) is 1. The van der Waals surface area contributed by atoms with Crippen molar-refractivity contribution < 1.29 is 23.1 Å². The topological polar surface area (TPSA) is 119 Å². The molecule has 2 atom stereocenters. The van der Waals surface area contributed by atoms with Crippen molar-refractivity contribution in [3.8, 4) is 0 Å². The van der Waals surface area contributed by atoms with Gasteiger partial charge in [0.2, 0.25) is 27.7 Å². The summed E-state index contributed by atoms with van der Waals surface area (Å²) in [4.78, 5) is 33.3. The van der Waals surface area contributed by atoms with E-state index in [0.29, 0.717) is 21.8 Å². The van der Waals surface area contributed by atoms with Crippen molar-refractivity contribution in [3.63, 3.8) is 0 Å². The van der Waals surface area contributed by atoms with Gasteiger partial charge in [0, 0.05) is 11.6 Å². The highest BCUT2D eigenvalue weighted by molar-refractivity contribution is 7.89. The van der Waals surface area contributed by atoms with Crippen LogP contribution in [0.3, 0.4) is 0 Å². The Labute approximate surface area is 213 Å². The number of sulfonamides is 1. The number of likely N-dealkylation sites (tertiary alicyclic amines) is 1. The molecule has 1 saturated heterocycles. The van der Waals surface area contributed by atoms with E-state index >= 15 is 0 Å². The number of anilines is 1. The van der Waals surface area contributed by atoms with Crippen LogP contribution < -0.4 is 9.62 Å². The van der Waals surface area contributed by atoms with E-state index in [4.69, 9.17) is 11.6 Å². The Morgan fingerprint density at radius 1 is 1.14 bits per heavy atom. The van der Waals surface area contributed by atoms with E-state index in [0.717, 1.165) is 5.39 Å². The fourth-order valence-corrected chi connectivity index (χ4v) is 6.00. The number of carbonyl (C=O) groups is 2. The zero-order valence-corrected chi connectivity index (χ0v) is 20.8. The van der Waals surface area contributed by atoms with Crippen LogP contribution in [-0.2, 0) is 19.6 Å². The Balaban J connectivity index is 1.31. The summed E-state index contributed by atoms with van der Waals surface area (Å²) < 4.78 is 28.6. The van der Waals surface area contributed by atoms with Crippen LogP contribution in [0.5, 0.6) is 0 Å². The molecule has 0 unspecified atom stereocenters. The van der Waals surface area contributed by atoms with E-state index in [1.165, 1.54) is 21.9 Å². The van der Waals surface area contributed by atoms with Crippen LogP contribution in [0.25, 0.3) is 10.8 Å². The normalized spacial score (nSPS) is 18.8. The number of nitrogens with zero attached hydrogens (tertiary/aromatic N) is 3. The van der Waals surface area contributed by atoms with Gasteiger partial charge in [0.15, 0.2) is 0 Å². The molecular formula is C25H23ClN4O5S.